The van der Waals surface area contributed by atoms with Crippen LogP contribution in [0.3, 0.4) is 0 Å². The van der Waals surface area contributed by atoms with Gasteiger partial charge < -0.3 is 5.32 Å². The minimum Gasteiger partial charge on any atom is -0.325 e. The number of rotatable bonds is 5. The van der Waals surface area contributed by atoms with Gasteiger partial charge >= 0.3 is 0 Å². The first-order chi connectivity index (χ1) is 9.54. The number of hydrogen-bond donors (Lipinski definition) is 2. The highest BCUT2D eigenvalue weighted by Gasteiger charge is 2.11. The van der Waals surface area contributed by atoms with Crippen molar-refractivity contribution in [3.8, 4) is 0 Å². The van der Waals surface area contributed by atoms with Crippen molar-refractivity contribution >= 4 is 38.9 Å². The molecule has 1 aromatic heterocycles. The maximum Gasteiger partial charge on any atom is 0.238 e. The van der Waals surface area contributed by atoms with E-state index in [9.17, 15) is 4.79 Å². The summed E-state index contributed by atoms with van der Waals surface area (Å²) in [4.78, 5) is 17.3. The van der Waals surface area contributed by atoms with E-state index in [4.69, 9.17) is 0 Å². The van der Waals surface area contributed by atoms with Crippen LogP contribution >= 0.6 is 27.3 Å². The standard InChI is InChI=1S/C14H16BrN3OS/c1-9-7-17-14(20-9)10(2)16-8-13(19)18-12-5-3-4-11(15)6-12/h3-7,10,16H,8H2,1-2H3,(H,18,19). The molecule has 0 radical (unpaired) electrons. The Hall–Kier alpha value is -1.24. The third-order valence-electron chi connectivity index (χ3n) is 2.69. The quantitative estimate of drug-likeness (QED) is 0.864. The van der Waals surface area contributed by atoms with Crippen LogP contribution in [-0.4, -0.2) is 17.4 Å². The first-order valence-corrected chi connectivity index (χ1v) is 7.86. The number of amides is 1. The number of nitrogens with one attached hydrogen (secondary N) is 2. The molecule has 1 amide bonds. The van der Waals surface area contributed by atoms with E-state index >= 15 is 0 Å². The van der Waals surface area contributed by atoms with E-state index < -0.39 is 0 Å². The maximum absolute atomic E-state index is 11.9. The Labute approximate surface area is 130 Å². The molecule has 1 atom stereocenters. The second-order valence-corrected chi connectivity index (χ2v) is 6.65. The molecule has 0 bridgehead atoms. The predicted molar refractivity (Wildman–Crippen MR) is 86.0 cm³/mol. The normalized spacial score (nSPS) is 12.2. The summed E-state index contributed by atoms with van der Waals surface area (Å²) in [5.41, 5.74) is 0.781. The molecule has 2 rings (SSSR count). The highest BCUT2D eigenvalue weighted by Crippen LogP contribution is 2.19. The van der Waals surface area contributed by atoms with Crippen molar-refractivity contribution in [2.24, 2.45) is 0 Å². The second kappa shape index (κ2) is 6.97. The zero-order valence-electron chi connectivity index (χ0n) is 11.3. The van der Waals surface area contributed by atoms with Gasteiger partial charge in [-0.1, -0.05) is 22.0 Å². The highest BCUT2D eigenvalue weighted by atomic mass is 79.9. The summed E-state index contributed by atoms with van der Waals surface area (Å²) in [5, 5.41) is 7.02. The number of carbonyl (C=O) groups is 1. The fourth-order valence-corrected chi connectivity index (χ4v) is 2.88. The van der Waals surface area contributed by atoms with Gasteiger partial charge in [-0.3, -0.25) is 10.1 Å². The second-order valence-electron chi connectivity index (χ2n) is 4.47. The Morgan fingerprint density at radius 3 is 2.95 bits per heavy atom. The van der Waals surface area contributed by atoms with Crippen molar-refractivity contribution in [2.45, 2.75) is 19.9 Å². The lowest BCUT2D eigenvalue weighted by Gasteiger charge is -2.11. The number of thiazole rings is 1. The molecule has 4 nitrogen and oxygen atoms in total. The van der Waals surface area contributed by atoms with Crippen LogP contribution in [0.5, 0.6) is 0 Å². The molecule has 1 unspecified atom stereocenters. The van der Waals surface area contributed by atoms with Crippen LogP contribution in [0.1, 0.15) is 22.9 Å². The Morgan fingerprint density at radius 2 is 2.30 bits per heavy atom. The summed E-state index contributed by atoms with van der Waals surface area (Å²) in [5.74, 6) is -0.0665. The molecule has 1 heterocycles. The monoisotopic (exact) mass is 353 g/mol. The van der Waals surface area contributed by atoms with Gasteiger partial charge in [0.2, 0.25) is 5.91 Å². The number of benzene rings is 1. The Morgan fingerprint density at radius 1 is 1.50 bits per heavy atom. The SMILES string of the molecule is Cc1cnc(C(C)NCC(=O)Nc2cccc(Br)c2)s1. The number of aromatic nitrogens is 1. The van der Waals surface area contributed by atoms with Gasteiger partial charge in [0.25, 0.3) is 0 Å². The van der Waals surface area contributed by atoms with E-state index in [-0.39, 0.29) is 18.5 Å². The number of nitrogens with zero attached hydrogens (tertiary/aromatic N) is 1. The zero-order valence-corrected chi connectivity index (χ0v) is 13.7. The zero-order chi connectivity index (χ0) is 14.5. The van der Waals surface area contributed by atoms with Gasteiger partial charge in [-0.15, -0.1) is 11.3 Å². The minimum absolute atomic E-state index is 0.0665. The molecule has 0 saturated heterocycles. The number of carbonyl (C=O) groups excluding carboxylic acids is 1. The molecule has 2 N–H and O–H groups in total. The third kappa shape index (κ3) is 4.40. The molecular formula is C14H16BrN3OS. The fraction of sp³-hybridized carbons (Fsp3) is 0.286. The molecule has 6 heteroatoms. The van der Waals surface area contributed by atoms with Gasteiger partial charge in [-0.2, -0.15) is 0 Å². The number of hydrogen-bond acceptors (Lipinski definition) is 4. The van der Waals surface area contributed by atoms with Crippen molar-refractivity contribution in [1.82, 2.24) is 10.3 Å². The molecule has 0 aliphatic carbocycles. The average Bonchev–Trinajstić information content (AvgIpc) is 2.83. The lowest BCUT2D eigenvalue weighted by molar-refractivity contribution is -0.115. The summed E-state index contributed by atoms with van der Waals surface area (Å²) in [6, 6.07) is 7.60. The van der Waals surface area contributed by atoms with Gasteiger partial charge in [-0.05, 0) is 32.0 Å². The number of halogens is 1. The number of aryl methyl sites for hydroxylation is 1. The van der Waals surface area contributed by atoms with E-state index in [1.54, 1.807) is 11.3 Å². The molecular weight excluding hydrogens is 338 g/mol. The molecule has 0 saturated carbocycles. The van der Waals surface area contributed by atoms with E-state index in [0.717, 1.165) is 15.2 Å². The Kier molecular flexibility index (Phi) is 5.28. The lowest BCUT2D eigenvalue weighted by atomic mass is 10.3. The Bertz CT molecular complexity index is 600. The van der Waals surface area contributed by atoms with Gasteiger partial charge in [0.15, 0.2) is 0 Å². The molecule has 0 spiro atoms. The summed E-state index contributed by atoms with van der Waals surface area (Å²) in [7, 11) is 0. The van der Waals surface area contributed by atoms with Crippen LogP contribution in [0.15, 0.2) is 34.9 Å². The third-order valence-corrected chi connectivity index (χ3v) is 4.28. The summed E-state index contributed by atoms with van der Waals surface area (Å²) < 4.78 is 0.940. The minimum atomic E-state index is -0.0665. The first kappa shape index (κ1) is 15.2. The Balaban J connectivity index is 1.83. The van der Waals surface area contributed by atoms with Gasteiger partial charge in [-0.25, -0.2) is 4.98 Å². The summed E-state index contributed by atoms with van der Waals surface area (Å²) >= 11 is 5.02. The van der Waals surface area contributed by atoms with Gasteiger partial charge in [0.1, 0.15) is 5.01 Å². The lowest BCUT2D eigenvalue weighted by Crippen LogP contribution is -2.30. The molecule has 1 aromatic carbocycles. The predicted octanol–water partition coefficient (Wildman–Crippen LogP) is 3.50. The first-order valence-electron chi connectivity index (χ1n) is 6.26. The van der Waals surface area contributed by atoms with E-state index in [0.29, 0.717) is 0 Å². The van der Waals surface area contributed by atoms with Gasteiger partial charge in [0.05, 0.1) is 12.6 Å². The summed E-state index contributed by atoms with van der Waals surface area (Å²) in [6.07, 6.45) is 1.85. The van der Waals surface area contributed by atoms with Crippen molar-refractivity contribution < 1.29 is 4.79 Å². The molecule has 0 fully saturated rings. The molecule has 0 aliphatic rings. The van der Waals surface area contributed by atoms with Crippen molar-refractivity contribution in [1.29, 1.82) is 0 Å². The largest absolute Gasteiger partial charge is 0.325 e. The van der Waals surface area contributed by atoms with Gasteiger partial charge in [0, 0.05) is 21.2 Å². The topological polar surface area (TPSA) is 54.0 Å². The van der Waals surface area contributed by atoms with Crippen molar-refractivity contribution in [3.63, 3.8) is 0 Å². The van der Waals surface area contributed by atoms with Crippen LogP contribution < -0.4 is 10.6 Å². The fourth-order valence-electron chi connectivity index (χ4n) is 1.68. The summed E-state index contributed by atoms with van der Waals surface area (Å²) in [6.45, 7) is 4.28. The van der Waals surface area contributed by atoms with E-state index in [1.807, 2.05) is 44.3 Å². The van der Waals surface area contributed by atoms with Crippen LogP contribution in [0.4, 0.5) is 5.69 Å². The van der Waals surface area contributed by atoms with E-state index in [2.05, 4.69) is 31.5 Å². The van der Waals surface area contributed by atoms with Crippen LogP contribution in [0.25, 0.3) is 0 Å². The molecule has 2 aromatic rings. The van der Waals surface area contributed by atoms with E-state index in [1.165, 1.54) is 4.88 Å². The van der Waals surface area contributed by atoms with Crippen molar-refractivity contribution in [2.75, 3.05) is 11.9 Å². The van der Waals surface area contributed by atoms with Crippen LogP contribution in [-0.2, 0) is 4.79 Å². The van der Waals surface area contributed by atoms with Crippen molar-refractivity contribution in [3.05, 3.63) is 44.8 Å². The molecule has 106 valence electrons. The van der Waals surface area contributed by atoms with Crippen LogP contribution in [0.2, 0.25) is 0 Å². The number of anilines is 1. The maximum atomic E-state index is 11.9. The molecule has 0 aliphatic heterocycles. The van der Waals surface area contributed by atoms with Crippen LogP contribution in [0, 0.1) is 6.92 Å². The average molecular weight is 354 g/mol. The highest BCUT2D eigenvalue weighted by molar-refractivity contribution is 9.10. The molecule has 20 heavy (non-hydrogen) atoms. The smallest absolute Gasteiger partial charge is 0.238 e.